The number of amides is 1. The molecule has 19 heavy (non-hydrogen) atoms. The summed E-state index contributed by atoms with van der Waals surface area (Å²) in [6.07, 6.45) is 0.674. The number of H-pyrrole nitrogens is 1. The van der Waals surface area contributed by atoms with Gasteiger partial charge in [-0.15, -0.1) is 0 Å². The summed E-state index contributed by atoms with van der Waals surface area (Å²) in [5, 5.41) is 1.18. The SMILES string of the molecule is NC(=O)c1ccccc1Cc1cc2ccccc2[nH]1. The Morgan fingerprint density at radius 1 is 1.05 bits per heavy atom. The summed E-state index contributed by atoms with van der Waals surface area (Å²) in [4.78, 5) is 14.8. The van der Waals surface area contributed by atoms with Crippen molar-refractivity contribution in [2.75, 3.05) is 0 Å². The zero-order valence-corrected chi connectivity index (χ0v) is 10.4. The predicted octanol–water partition coefficient (Wildman–Crippen LogP) is 2.86. The van der Waals surface area contributed by atoms with Crippen LogP contribution in [0.5, 0.6) is 0 Å². The molecule has 3 heteroatoms. The minimum absolute atomic E-state index is 0.383. The summed E-state index contributed by atoms with van der Waals surface area (Å²) in [6, 6.07) is 17.7. The minimum Gasteiger partial charge on any atom is -0.366 e. The highest BCUT2D eigenvalue weighted by Crippen LogP contribution is 2.19. The fourth-order valence-electron chi connectivity index (χ4n) is 2.35. The van der Waals surface area contributed by atoms with Gasteiger partial charge in [-0.25, -0.2) is 0 Å². The van der Waals surface area contributed by atoms with E-state index in [1.165, 1.54) is 5.39 Å². The molecule has 1 amide bonds. The first-order chi connectivity index (χ1) is 9.24. The minimum atomic E-state index is -0.383. The first-order valence-corrected chi connectivity index (χ1v) is 6.18. The van der Waals surface area contributed by atoms with Crippen LogP contribution in [0.1, 0.15) is 21.6 Å². The highest BCUT2D eigenvalue weighted by Gasteiger charge is 2.09. The number of rotatable bonds is 3. The number of nitrogens with one attached hydrogen (secondary N) is 1. The molecule has 0 spiro atoms. The Labute approximate surface area is 111 Å². The third-order valence-electron chi connectivity index (χ3n) is 3.25. The van der Waals surface area contributed by atoms with Crippen LogP contribution in [0.25, 0.3) is 10.9 Å². The number of carbonyl (C=O) groups excluding carboxylic acids is 1. The Hall–Kier alpha value is -2.55. The van der Waals surface area contributed by atoms with Crippen molar-refractivity contribution in [1.82, 2.24) is 4.98 Å². The van der Waals surface area contributed by atoms with Gasteiger partial charge in [-0.2, -0.15) is 0 Å². The summed E-state index contributed by atoms with van der Waals surface area (Å²) in [5.41, 5.74) is 9.11. The highest BCUT2D eigenvalue weighted by atomic mass is 16.1. The standard InChI is InChI=1S/C16H14N2O/c17-16(19)14-7-3-1-5-11(14)9-13-10-12-6-2-4-8-15(12)18-13/h1-8,10,18H,9H2,(H2,17,19). The first kappa shape index (κ1) is 11.5. The molecule has 0 aliphatic carbocycles. The number of aromatic nitrogens is 1. The normalized spacial score (nSPS) is 10.7. The summed E-state index contributed by atoms with van der Waals surface area (Å²) in [7, 11) is 0. The van der Waals surface area contributed by atoms with Gasteiger partial charge in [0.25, 0.3) is 0 Å². The molecule has 3 nitrogen and oxygen atoms in total. The van der Waals surface area contributed by atoms with E-state index in [4.69, 9.17) is 5.73 Å². The smallest absolute Gasteiger partial charge is 0.248 e. The van der Waals surface area contributed by atoms with E-state index < -0.39 is 0 Å². The molecule has 2 aromatic carbocycles. The number of hydrogen-bond acceptors (Lipinski definition) is 1. The molecule has 3 N–H and O–H groups in total. The second-order valence-corrected chi connectivity index (χ2v) is 4.58. The average molecular weight is 250 g/mol. The number of nitrogens with two attached hydrogens (primary N) is 1. The molecule has 1 heterocycles. The second-order valence-electron chi connectivity index (χ2n) is 4.58. The molecule has 0 saturated heterocycles. The topological polar surface area (TPSA) is 58.9 Å². The van der Waals surface area contributed by atoms with Crippen molar-refractivity contribution < 1.29 is 4.79 Å². The van der Waals surface area contributed by atoms with Crippen molar-refractivity contribution in [3.05, 3.63) is 71.4 Å². The zero-order chi connectivity index (χ0) is 13.2. The molecule has 0 aliphatic heterocycles. The molecule has 3 aromatic rings. The van der Waals surface area contributed by atoms with Crippen LogP contribution in [-0.2, 0) is 6.42 Å². The van der Waals surface area contributed by atoms with E-state index in [0.717, 1.165) is 16.8 Å². The lowest BCUT2D eigenvalue weighted by Gasteiger charge is -2.04. The highest BCUT2D eigenvalue weighted by molar-refractivity contribution is 5.94. The van der Waals surface area contributed by atoms with Crippen molar-refractivity contribution >= 4 is 16.8 Å². The largest absolute Gasteiger partial charge is 0.366 e. The van der Waals surface area contributed by atoms with Crippen LogP contribution >= 0.6 is 0 Å². The summed E-state index contributed by atoms with van der Waals surface area (Å²) in [6.45, 7) is 0. The molecular formula is C16H14N2O. The molecule has 3 rings (SSSR count). The number of hydrogen-bond donors (Lipinski definition) is 2. The number of fused-ring (bicyclic) bond motifs is 1. The van der Waals surface area contributed by atoms with Gasteiger partial charge < -0.3 is 10.7 Å². The molecule has 0 aliphatic rings. The predicted molar refractivity (Wildman–Crippen MR) is 76.1 cm³/mol. The lowest BCUT2D eigenvalue weighted by molar-refractivity contribution is 0.0999. The number of benzene rings is 2. The maximum absolute atomic E-state index is 11.4. The van der Waals surface area contributed by atoms with Gasteiger partial charge in [-0.05, 0) is 29.1 Å². The number of primary amides is 1. The molecule has 0 radical (unpaired) electrons. The molecule has 0 fully saturated rings. The van der Waals surface area contributed by atoms with Gasteiger partial charge in [0.15, 0.2) is 0 Å². The molecule has 0 bridgehead atoms. The average Bonchev–Trinajstić information content (AvgIpc) is 2.81. The number of para-hydroxylation sites is 1. The lowest BCUT2D eigenvalue weighted by atomic mass is 10.0. The van der Waals surface area contributed by atoms with Crippen LogP contribution < -0.4 is 5.73 Å². The van der Waals surface area contributed by atoms with E-state index in [1.54, 1.807) is 6.07 Å². The van der Waals surface area contributed by atoms with Crippen LogP contribution in [-0.4, -0.2) is 10.9 Å². The van der Waals surface area contributed by atoms with Gasteiger partial charge in [-0.3, -0.25) is 4.79 Å². The van der Waals surface area contributed by atoms with Gasteiger partial charge in [0.05, 0.1) is 0 Å². The van der Waals surface area contributed by atoms with E-state index in [-0.39, 0.29) is 5.91 Å². The van der Waals surface area contributed by atoms with Gasteiger partial charge >= 0.3 is 0 Å². The van der Waals surface area contributed by atoms with Crippen LogP contribution in [0.15, 0.2) is 54.6 Å². The fraction of sp³-hybridized carbons (Fsp3) is 0.0625. The fourth-order valence-corrected chi connectivity index (χ4v) is 2.35. The van der Waals surface area contributed by atoms with E-state index in [0.29, 0.717) is 12.0 Å². The van der Waals surface area contributed by atoms with E-state index in [2.05, 4.69) is 17.1 Å². The van der Waals surface area contributed by atoms with Crippen LogP contribution in [0.3, 0.4) is 0 Å². The van der Waals surface area contributed by atoms with Crippen molar-refractivity contribution in [2.45, 2.75) is 6.42 Å². The Morgan fingerprint density at radius 3 is 2.58 bits per heavy atom. The van der Waals surface area contributed by atoms with E-state index in [9.17, 15) is 4.79 Å². The van der Waals surface area contributed by atoms with Crippen LogP contribution in [0.2, 0.25) is 0 Å². The maximum atomic E-state index is 11.4. The van der Waals surface area contributed by atoms with Gasteiger partial charge in [0, 0.05) is 23.2 Å². The van der Waals surface area contributed by atoms with E-state index in [1.807, 2.05) is 36.4 Å². The molecule has 0 saturated carbocycles. The monoisotopic (exact) mass is 250 g/mol. The van der Waals surface area contributed by atoms with Crippen molar-refractivity contribution in [2.24, 2.45) is 5.73 Å². The number of aromatic amines is 1. The van der Waals surface area contributed by atoms with Crippen LogP contribution in [0.4, 0.5) is 0 Å². The third-order valence-corrected chi connectivity index (χ3v) is 3.25. The van der Waals surface area contributed by atoms with Crippen LogP contribution in [0, 0.1) is 0 Å². The molecule has 94 valence electrons. The lowest BCUT2D eigenvalue weighted by Crippen LogP contribution is -2.13. The Balaban J connectivity index is 1.99. The molecule has 1 aromatic heterocycles. The Bertz CT molecular complexity index is 710. The van der Waals surface area contributed by atoms with Gasteiger partial charge in [0.1, 0.15) is 0 Å². The second kappa shape index (κ2) is 4.61. The maximum Gasteiger partial charge on any atom is 0.248 e. The third kappa shape index (κ3) is 2.22. The van der Waals surface area contributed by atoms with Crippen molar-refractivity contribution in [1.29, 1.82) is 0 Å². The molecule has 0 atom stereocenters. The number of carbonyl (C=O) groups is 1. The van der Waals surface area contributed by atoms with Gasteiger partial charge in [0.2, 0.25) is 5.91 Å². The zero-order valence-electron chi connectivity index (χ0n) is 10.4. The van der Waals surface area contributed by atoms with Crippen molar-refractivity contribution in [3.63, 3.8) is 0 Å². The molecular weight excluding hydrogens is 236 g/mol. The Kier molecular flexibility index (Phi) is 2.80. The first-order valence-electron chi connectivity index (χ1n) is 6.18. The summed E-state index contributed by atoms with van der Waals surface area (Å²) >= 11 is 0. The Morgan fingerprint density at radius 2 is 1.79 bits per heavy atom. The summed E-state index contributed by atoms with van der Waals surface area (Å²) < 4.78 is 0. The van der Waals surface area contributed by atoms with E-state index >= 15 is 0 Å². The van der Waals surface area contributed by atoms with Crippen molar-refractivity contribution in [3.8, 4) is 0 Å². The van der Waals surface area contributed by atoms with Gasteiger partial charge in [-0.1, -0.05) is 36.4 Å². The summed E-state index contributed by atoms with van der Waals surface area (Å²) in [5.74, 6) is -0.383. The molecule has 0 unspecified atom stereocenters. The quantitative estimate of drug-likeness (QED) is 0.737.